The molecule has 30 heavy (non-hydrogen) atoms. The van der Waals surface area contributed by atoms with Crippen molar-refractivity contribution in [3.05, 3.63) is 28.8 Å². The lowest BCUT2D eigenvalue weighted by molar-refractivity contribution is -0.144. The number of amides is 2. The fraction of sp³-hybridized carbons (Fsp3) is 0.591. The van der Waals surface area contributed by atoms with Gasteiger partial charge in [-0.25, -0.2) is 0 Å². The van der Waals surface area contributed by atoms with E-state index in [0.29, 0.717) is 42.3 Å². The number of ether oxygens (including phenoxy) is 2. The van der Waals surface area contributed by atoms with Gasteiger partial charge in [-0.2, -0.15) is 0 Å². The number of nitrogens with zero attached hydrogens (tertiary/aromatic N) is 1. The molecule has 0 bridgehead atoms. The minimum absolute atomic E-state index is 0.0467. The molecule has 8 heteroatoms. The summed E-state index contributed by atoms with van der Waals surface area (Å²) in [5.41, 5.74) is 0.533. The molecule has 1 aromatic carbocycles. The molecule has 1 aliphatic carbocycles. The fourth-order valence-electron chi connectivity index (χ4n) is 3.95. The Balaban J connectivity index is 1.47. The Kier molecular flexibility index (Phi) is 7.96. The van der Waals surface area contributed by atoms with Crippen molar-refractivity contribution in [2.45, 2.75) is 63.5 Å². The monoisotopic (exact) mass is 436 g/mol. The van der Waals surface area contributed by atoms with E-state index in [2.05, 4.69) is 10.1 Å². The van der Waals surface area contributed by atoms with Crippen LogP contribution < -0.4 is 10.1 Å². The summed E-state index contributed by atoms with van der Waals surface area (Å²) in [7, 11) is 1.31. The molecule has 2 aliphatic rings. The molecule has 1 heterocycles. The van der Waals surface area contributed by atoms with E-state index in [1.165, 1.54) is 7.11 Å². The first-order chi connectivity index (χ1) is 14.5. The third-order valence-corrected chi connectivity index (χ3v) is 6.04. The molecular weight excluding hydrogens is 408 g/mol. The van der Waals surface area contributed by atoms with Gasteiger partial charge in [0.05, 0.1) is 18.6 Å². The van der Waals surface area contributed by atoms with E-state index in [9.17, 15) is 14.4 Å². The summed E-state index contributed by atoms with van der Waals surface area (Å²) in [4.78, 5) is 37.5. The van der Waals surface area contributed by atoms with E-state index in [1.54, 1.807) is 23.1 Å². The molecule has 2 fully saturated rings. The van der Waals surface area contributed by atoms with Crippen molar-refractivity contribution in [2.75, 3.05) is 20.2 Å². The molecule has 7 nitrogen and oxygen atoms in total. The van der Waals surface area contributed by atoms with Gasteiger partial charge in [0.15, 0.2) is 0 Å². The van der Waals surface area contributed by atoms with Crippen LogP contribution in [0, 0.1) is 0 Å². The van der Waals surface area contributed by atoms with E-state index in [1.807, 2.05) is 0 Å². The lowest BCUT2D eigenvalue weighted by atomic mass is 10.1. The molecule has 0 aromatic heterocycles. The van der Waals surface area contributed by atoms with Crippen LogP contribution in [-0.4, -0.2) is 55.0 Å². The molecule has 0 radical (unpaired) electrons. The lowest BCUT2D eigenvalue weighted by Gasteiger charge is -2.32. The van der Waals surface area contributed by atoms with Gasteiger partial charge in [-0.1, -0.05) is 24.4 Å². The summed E-state index contributed by atoms with van der Waals surface area (Å²) < 4.78 is 10.6. The molecule has 2 amide bonds. The minimum Gasteiger partial charge on any atom is -0.489 e. The van der Waals surface area contributed by atoms with E-state index in [0.717, 1.165) is 25.7 Å². The smallest absolute Gasteiger partial charge is 0.306 e. The maximum Gasteiger partial charge on any atom is 0.306 e. The fourth-order valence-corrected chi connectivity index (χ4v) is 4.17. The SMILES string of the molecule is COC(=O)CCC(=O)N1CCC(Oc2ccc(C(=O)NC3CCCC3)cc2Cl)CC1. The number of halogens is 1. The van der Waals surface area contributed by atoms with Crippen LogP contribution in [0.3, 0.4) is 0 Å². The number of piperidine rings is 1. The summed E-state index contributed by atoms with van der Waals surface area (Å²) in [6, 6.07) is 5.37. The van der Waals surface area contributed by atoms with Gasteiger partial charge in [0, 0.05) is 44.0 Å². The van der Waals surface area contributed by atoms with Crippen LogP contribution in [-0.2, 0) is 14.3 Å². The van der Waals surface area contributed by atoms with Crippen LogP contribution in [0.15, 0.2) is 18.2 Å². The summed E-state index contributed by atoms with van der Waals surface area (Å²) in [6.07, 6.45) is 5.97. The summed E-state index contributed by atoms with van der Waals surface area (Å²) in [6.45, 7) is 1.15. The highest BCUT2D eigenvalue weighted by Crippen LogP contribution is 2.29. The zero-order chi connectivity index (χ0) is 21.5. The van der Waals surface area contributed by atoms with Crippen LogP contribution in [0.2, 0.25) is 5.02 Å². The molecular formula is C22H29ClN2O5. The molecule has 0 unspecified atom stereocenters. The molecule has 1 aromatic rings. The Morgan fingerprint density at radius 3 is 2.43 bits per heavy atom. The summed E-state index contributed by atoms with van der Waals surface area (Å²) in [5, 5.41) is 3.46. The number of hydrogen-bond donors (Lipinski definition) is 1. The summed E-state index contributed by atoms with van der Waals surface area (Å²) >= 11 is 6.36. The van der Waals surface area contributed by atoms with Crippen LogP contribution in [0.25, 0.3) is 0 Å². The quantitative estimate of drug-likeness (QED) is 0.662. The van der Waals surface area contributed by atoms with Gasteiger partial charge in [-0.05, 0) is 31.0 Å². The minimum atomic E-state index is -0.378. The highest BCUT2D eigenvalue weighted by Gasteiger charge is 2.25. The number of benzene rings is 1. The van der Waals surface area contributed by atoms with E-state index in [-0.39, 0.29) is 42.8 Å². The van der Waals surface area contributed by atoms with Gasteiger partial charge in [-0.3, -0.25) is 14.4 Å². The Labute approximate surface area is 182 Å². The van der Waals surface area contributed by atoms with Crippen molar-refractivity contribution < 1.29 is 23.9 Å². The predicted molar refractivity (Wildman–Crippen MR) is 113 cm³/mol. The second kappa shape index (κ2) is 10.7. The second-order valence-electron chi connectivity index (χ2n) is 7.87. The maximum atomic E-state index is 12.4. The third kappa shape index (κ3) is 6.11. The number of rotatable bonds is 7. The Morgan fingerprint density at radius 1 is 1.10 bits per heavy atom. The second-order valence-corrected chi connectivity index (χ2v) is 8.28. The number of nitrogens with one attached hydrogen (secondary N) is 1. The van der Waals surface area contributed by atoms with Crippen LogP contribution in [0.5, 0.6) is 5.75 Å². The van der Waals surface area contributed by atoms with Crippen LogP contribution in [0.1, 0.15) is 61.7 Å². The number of methoxy groups -OCH3 is 1. The zero-order valence-corrected chi connectivity index (χ0v) is 18.1. The zero-order valence-electron chi connectivity index (χ0n) is 17.3. The molecule has 1 saturated heterocycles. The molecule has 164 valence electrons. The first kappa shape index (κ1) is 22.4. The van der Waals surface area contributed by atoms with Crippen molar-refractivity contribution in [1.29, 1.82) is 0 Å². The van der Waals surface area contributed by atoms with Gasteiger partial charge in [0.25, 0.3) is 5.91 Å². The first-order valence-electron chi connectivity index (χ1n) is 10.6. The average Bonchev–Trinajstić information content (AvgIpc) is 3.26. The third-order valence-electron chi connectivity index (χ3n) is 5.74. The lowest BCUT2D eigenvalue weighted by Crippen LogP contribution is -2.41. The molecule has 0 spiro atoms. The van der Waals surface area contributed by atoms with E-state index < -0.39 is 0 Å². The van der Waals surface area contributed by atoms with Crippen LogP contribution in [0.4, 0.5) is 0 Å². The van der Waals surface area contributed by atoms with Gasteiger partial charge in [0.1, 0.15) is 11.9 Å². The van der Waals surface area contributed by atoms with Crippen LogP contribution >= 0.6 is 11.6 Å². The summed E-state index contributed by atoms with van der Waals surface area (Å²) in [5.74, 6) is 0.0183. The normalized spacial score (nSPS) is 17.6. The van der Waals surface area contributed by atoms with Gasteiger partial charge >= 0.3 is 5.97 Å². The van der Waals surface area contributed by atoms with E-state index >= 15 is 0 Å². The standard InChI is InChI=1S/C22H29ClN2O5/c1-29-21(27)9-8-20(26)25-12-10-17(11-13-25)30-19-7-6-15(14-18(19)23)22(28)24-16-4-2-3-5-16/h6-7,14,16-17H,2-5,8-13H2,1H3,(H,24,28). The topological polar surface area (TPSA) is 84.9 Å². The maximum absolute atomic E-state index is 12.4. The van der Waals surface area contributed by atoms with Gasteiger partial charge in [0.2, 0.25) is 5.91 Å². The molecule has 1 N–H and O–H groups in total. The first-order valence-corrected chi connectivity index (χ1v) is 11.0. The molecule has 0 atom stereocenters. The Morgan fingerprint density at radius 2 is 1.80 bits per heavy atom. The van der Waals surface area contributed by atoms with Crippen molar-refractivity contribution in [3.8, 4) is 5.75 Å². The Bertz CT molecular complexity index is 771. The van der Waals surface area contributed by atoms with Gasteiger partial charge in [-0.15, -0.1) is 0 Å². The number of esters is 1. The predicted octanol–water partition coefficient (Wildman–Crippen LogP) is 3.34. The molecule has 3 rings (SSSR count). The average molecular weight is 437 g/mol. The highest BCUT2D eigenvalue weighted by molar-refractivity contribution is 6.32. The Hall–Kier alpha value is -2.28. The largest absolute Gasteiger partial charge is 0.489 e. The highest BCUT2D eigenvalue weighted by atomic mass is 35.5. The number of hydrogen-bond acceptors (Lipinski definition) is 5. The van der Waals surface area contributed by atoms with E-state index in [4.69, 9.17) is 16.3 Å². The van der Waals surface area contributed by atoms with Gasteiger partial charge < -0.3 is 19.7 Å². The van der Waals surface area contributed by atoms with Crippen molar-refractivity contribution in [2.24, 2.45) is 0 Å². The molecule has 1 aliphatic heterocycles. The number of carbonyl (C=O) groups is 3. The number of carbonyl (C=O) groups excluding carboxylic acids is 3. The van der Waals surface area contributed by atoms with Crippen molar-refractivity contribution in [1.82, 2.24) is 10.2 Å². The number of likely N-dealkylation sites (tertiary alicyclic amines) is 1. The molecule has 1 saturated carbocycles. The van der Waals surface area contributed by atoms with Crippen molar-refractivity contribution >= 4 is 29.4 Å². The van der Waals surface area contributed by atoms with Crippen molar-refractivity contribution in [3.63, 3.8) is 0 Å².